The summed E-state index contributed by atoms with van der Waals surface area (Å²) >= 11 is 7.68. The summed E-state index contributed by atoms with van der Waals surface area (Å²) in [6.07, 6.45) is 0.715. The van der Waals surface area contributed by atoms with Crippen LogP contribution < -0.4 is 19.1 Å². The first-order valence-electron chi connectivity index (χ1n) is 11.8. The highest BCUT2D eigenvalue weighted by Gasteiger charge is 2.29. The third-order valence-corrected chi connectivity index (χ3v) is 8.77. The average Bonchev–Trinajstić information content (AvgIpc) is 2.91. The Balaban J connectivity index is 1.68. The summed E-state index contributed by atoms with van der Waals surface area (Å²) in [5.41, 5.74) is 2.50. The summed E-state index contributed by atoms with van der Waals surface area (Å²) in [4.78, 5) is 12.7. The molecule has 38 heavy (non-hydrogen) atoms. The summed E-state index contributed by atoms with van der Waals surface area (Å²) in [5, 5.41) is 2.51. The molecule has 3 aromatic rings. The van der Waals surface area contributed by atoms with Gasteiger partial charge in [0.1, 0.15) is 12.4 Å². The number of carbonyl (C=O) groups excluding carboxylic acids is 1. The molecule has 204 valence electrons. The zero-order chi connectivity index (χ0) is 27.7. The van der Waals surface area contributed by atoms with Crippen molar-refractivity contribution in [3.05, 3.63) is 82.6 Å². The van der Waals surface area contributed by atoms with E-state index >= 15 is 0 Å². The maximum atomic E-state index is 13.8. The molecule has 0 saturated carbocycles. The molecule has 11 heteroatoms. The van der Waals surface area contributed by atoms with Gasteiger partial charge in [-0.05, 0) is 55.0 Å². The van der Waals surface area contributed by atoms with Gasteiger partial charge in [-0.1, -0.05) is 41.4 Å². The van der Waals surface area contributed by atoms with E-state index in [0.29, 0.717) is 18.7 Å². The Morgan fingerprint density at radius 3 is 2.39 bits per heavy atom. The van der Waals surface area contributed by atoms with Crippen molar-refractivity contribution >= 4 is 45.0 Å². The number of rotatable bonds is 13. The number of benzene rings is 3. The summed E-state index contributed by atoms with van der Waals surface area (Å²) < 4.78 is 52.3. The Morgan fingerprint density at radius 2 is 1.74 bits per heavy atom. The van der Waals surface area contributed by atoms with Gasteiger partial charge in [-0.2, -0.15) is 11.8 Å². The summed E-state index contributed by atoms with van der Waals surface area (Å²) in [6, 6.07) is 15.9. The minimum atomic E-state index is -4.26. The molecule has 0 unspecified atom stereocenters. The summed E-state index contributed by atoms with van der Waals surface area (Å²) in [5.74, 6) is 1.05. The normalized spacial score (nSPS) is 11.2. The van der Waals surface area contributed by atoms with E-state index in [0.717, 1.165) is 21.9 Å². The van der Waals surface area contributed by atoms with Crippen LogP contribution in [-0.4, -0.2) is 47.4 Å². The predicted octanol–water partition coefficient (Wildman–Crippen LogP) is 5.44. The number of amides is 1. The SMILES string of the molecule is COc1ccc(S(=O)(=O)N(CC(=O)NCCCSCc2ccc(C)cc2)c2ccc(F)c(Cl)c2)cc1OC. The second kappa shape index (κ2) is 13.7. The molecule has 0 fully saturated rings. The van der Waals surface area contributed by atoms with Gasteiger partial charge in [0.2, 0.25) is 5.91 Å². The van der Waals surface area contributed by atoms with Crippen molar-refractivity contribution < 1.29 is 27.1 Å². The number of anilines is 1. The van der Waals surface area contributed by atoms with Crippen molar-refractivity contribution in [1.82, 2.24) is 5.32 Å². The number of methoxy groups -OCH3 is 2. The molecule has 3 aromatic carbocycles. The average molecular weight is 581 g/mol. The molecule has 0 spiro atoms. The first-order valence-corrected chi connectivity index (χ1v) is 14.7. The van der Waals surface area contributed by atoms with Crippen LogP contribution in [0.25, 0.3) is 0 Å². The van der Waals surface area contributed by atoms with Crippen LogP contribution in [0.4, 0.5) is 10.1 Å². The van der Waals surface area contributed by atoms with Crippen LogP contribution in [0.1, 0.15) is 17.5 Å². The fourth-order valence-electron chi connectivity index (χ4n) is 3.52. The lowest BCUT2D eigenvalue weighted by molar-refractivity contribution is -0.119. The van der Waals surface area contributed by atoms with Crippen LogP contribution >= 0.6 is 23.4 Å². The highest BCUT2D eigenvalue weighted by atomic mass is 35.5. The molecular formula is C27H30ClFN2O5S2. The Labute approximate surface area is 232 Å². The second-order valence-corrected chi connectivity index (χ2v) is 11.7. The van der Waals surface area contributed by atoms with Crippen LogP contribution in [0.15, 0.2) is 65.6 Å². The Morgan fingerprint density at radius 1 is 1.03 bits per heavy atom. The van der Waals surface area contributed by atoms with Crippen molar-refractivity contribution in [2.75, 3.05) is 37.4 Å². The van der Waals surface area contributed by atoms with Gasteiger partial charge in [0, 0.05) is 18.4 Å². The topological polar surface area (TPSA) is 84.9 Å². The minimum Gasteiger partial charge on any atom is -0.493 e. The number of thioether (sulfide) groups is 1. The van der Waals surface area contributed by atoms with E-state index in [1.165, 1.54) is 55.7 Å². The number of hydrogen-bond acceptors (Lipinski definition) is 6. The predicted molar refractivity (Wildman–Crippen MR) is 150 cm³/mol. The van der Waals surface area contributed by atoms with Crippen LogP contribution in [0, 0.1) is 12.7 Å². The lowest BCUT2D eigenvalue weighted by Crippen LogP contribution is -2.41. The number of nitrogens with zero attached hydrogens (tertiary/aromatic N) is 1. The third kappa shape index (κ3) is 7.78. The number of sulfonamides is 1. The minimum absolute atomic E-state index is 0.0509. The third-order valence-electron chi connectivity index (χ3n) is 5.60. The Hall–Kier alpha value is -2.95. The Kier molecular flexibility index (Phi) is 10.7. The molecule has 0 bridgehead atoms. The van der Waals surface area contributed by atoms with E-state index in [4.69, 9.17) is 21.1 Å². The van der Waals surface area contributed by atoms with E-state index in [-0.39, 0.29) is 21.4 Å². The van der Waals surface area contributed by atoms with Crippen molar-refractivity contribution in [3.8, 4) is 11.5 Å². The van der Waals surface area contributed by atoms with Gasteiger partial charge >= 0.3 is 0 Å². The van der Waals surface area contributed by atoms with Crippen molar-refractivity contribution in [1.29, 1.82) is 0 Å². The monoisotopic (exact) mass is 580 g/mol. The number of halogens is 2. The zero-order valence-electron chi connectivity index (χ0n) is 21.4. The van der Waals surface area contributed by atoms with Gasteiger partial charge in [0.15, 0.2) is 11.5 Å². The van der Waals surface area contributed by atoms with Crippen molar-refractivity contribution in [2.24, 2.45) is 0 Å². The van der Waals surface area contributed by atoms with E-state index in [1.807, 2.05) is 6.92 Å². The smallest absolute Gasteiger partial charge is 0.264 e. The van der Waals surface area contributed by atoms with Gasteiger partial charge in [-0.15, -0.1) is 0 Å². The van der Waals surface area contributed by atoms with Crippen LogP contribution in [0.2, 0.25) is 5.02 Å². The highest BCUT2D eigenvalue weighted by Crippen LogP contribution is 2.33. The van der Waals surface area contributed by atoms with Crippen LogP contribution in [0.3, 0.4) is 0 Å². The number of carbonyl (C=O) groups is 1. The number of nitrogens with one attached hydrogen (secondary N) is 1. The quantitative estimate of drug-likeness (QED) is 0.271. The molecule has 0 radical (unpaired) electrons. The molecule has 0 aromatic heterocycles. The lowest BCUT2D eigenvalue weighted by atomic mass is 10.2. The lowest BCUT2D eigenvalue weighted by Gasteiger charge is -2.24. The van der Waals surface area contributed by atoms with E-state index in [1.54, 1.807) is 11.8 Å². The maximum absolute atomic E-state index is 13.8. The van der Waals surface area contributed by atoms with Crippen LogP contribution in [0.5, 0.6) is 11.5 Å². The number of ether oxygens (including phenoxy) is 2. The molecule has 0 heterocycles. The molecule has 0 aliphatic carbocycles. The largest absolute Gasteiger partial charge is 0.493 e. The van der Waals surface area contributed by atoms with Crippen LogP contribution in [-0.2, 0) is 20.6 Å². The second-order valence-electron chi connectivity index (χ2n) is 8.37. The van der Waals surface area contributed by atoms with Gasteiger partial charge in [-0.25, -0.2) is 12.8 Å². The van der Waals surface area contributed by atoms with Gasteiger partial charge in [0.25, 0.3) is 10.0 Å². The fourth-order valence-corrected chi connectivity index (χ4v) is 6.05. The summed E-state index contributed by atoms with van der Waals surface area (Å²) in [6.45, 7) is 1.91. The van der Waals surface area contributed by atoms with Gasteiger partial charge in [-0.3, -0.25) is 9.10 Å². The molecular weight excluding hydrogens is 551 g/mol. The van der Waals surface area contributed by atoms with Crippen molar-refractivity contribution in [3.63, 3.8) is 0 Å². The molecule has 0 saturated heterocycles. The fraction of sp³-hybridized carbons (Fsp3) is 0.296. The molecule has 0 aliphatic heterocycles. The molecule has 1 N–H and O–H groups in total. The zero-order valence-corrected chi connectivity index (χ0v) is 23.8. The number of aryl methyl sites for hydroxylation is 1. The molecule has 0 atom stereocenters. The highest BCUT2D eigenvalue weighted by molar-refractivity contribution is 7.98. The van der Waals surface area contributed by atoms with E-state index in [2.05, 4.69) is 29.6 Å². The molecule has 7 nitrogen and oxygen atoms in total. The van der Waals surface area contributed by atoms with Crippen molar-refractivity contribution in [2.45, 2.75) is 24.0 Å². The van der Waals surface area contributed by atoms with E-state index < -0.39 is 28.3 Å². The Bertz CT molecular complexity index is 1350. The standard InChI is InChI=1S/C27H30ClFN2O5S2/c1-19-5-7-20(8-6-19)18-37-14-4-13-30-27(32)17-31(21-9-11-24(29)23(28)15-21)38(33,34)22-10-12-25(35-2)26(16-22)36-3/h5-12,15-16H,4,13-14,17-18H2,1-3H3,(H,30,32). The first kappa shape index (κ1) is 29.6. The molecule has 1 amide bonds. The first-order chi connectivity index (χ1) is 18.1. The maximum Gasteiger partial charge on any atom is 0.264 e. The van der Waals surface area contributed by atoms with Gasteiger partial charge < -0.3 is 14.8 Å². The number of hydrogen-bond donors (Lipinski definition) is 1. The molecule has 0 aliphatic rings. The van der Waals surface area contributed by atoms with E-state index in [9.17, 15) is 17.6 Å². The molecule has 3 rings (SSSR count). The van der Waals surface area contributed by atoms with Gasteiger partial charge in [0.05, 0.1) is 29.8 Å². The summed E-state index contributed by atoms with van der Waals surface area (Å²) in [7, 11) is -1.44.